The van der Waals surface area contributed by atoms with Gasteiger partial charge < -0.3 is 5.32 Å². The fourth-order valence-corrected chi connectivity index (χ4v) is 3.86. The van der Waals surface area contributed by atoms with Crippen molar-refractivity contribution in [1.82, 2.24) is 15.3 Å². The zero-order chi connectivity index (χ0) is 16.7. The van der Waals surface area contributed by atoms with Crippen LogP contribution in [0.3, 0.4) is 0 Å². The summed E-state index contributed by atoms with van der Waals surface area (Å²) >= 11 is 1.55. The lowest BCUT2D eigenvalue weighted by molar-refractivity contribution is -0.121. The Hall–Kier alpha value is -1.10. The van der Waals surface area contributed by atoms with Gasteiger partial charge in [-0.1, -0.05) is 37.4 Å². The Kier molecular flexibility index (Phi) is 7.34. The van der Waals surface area contributed by atoms with Crippen LogP contribution in [0.5, 0.6) is 0 Å². The number of nitrogens with one attached hydrogen (secondary N) is 1. The zero-order valence-electron chi connectivity index (χ0n) is 14.7. The molecule has 1 aliphatic rings. The second kappa shape index (κ2) is 9.26. The number of aromatic nitrogens is 2. The van der Waals surface area contributed by atoms with E-state index in [9.17, 15) is 4.79 Å². The monoisotopic (exact) mass is 335 g/mol. The Morgan fingerprint density at radius 2 is 1.87 bits per heavy atom. The highest BCUT2D eigenvalue weighted by Crippen LogP contribution is 2.28. The third-order valence-corrected chi connectivity index (χ3v) is 5.32. The number of thioether (sulfide) groups is 1. The molecular formula is C18H29N3OS. The van der Waals surface area contributed by atoms with Crippen molar-refractivity contribution in [3.05, 3.63) is 17.0 Å². The molecule has 1 N–H and O–H groups in total. The van der Waals surface area contributed by atoms with Gasteiger partial charge in [-0.2, -0.15) is 0 Å². The molecule has 0 aromatic carbocycles. The fraction of sp³-hybridized carbons (Fsp3) is 0.722. The van der Waals surface area contributed by atoms with E-state index in [1.807, 2.05) is 20.1 Å². The smallest absolute Gasteiger partial charge is 0.220 e. The lowest BCUT2D eigenvalue weighted by atomic mass is 10.0. The van der Waals surface area contributed by atoms with Crippen LogP contribution in [0.4, 0.5) is 0 Å². The maximum Gasteiger partial charge on any atom is 0.220 e. The van der Waals surface area contributed by atoms with Crippen LogP contribution in [0.2, 0.25) is 0 Å². The average Bonchev–Trinajstić information content (AvgIpc) is 3.03. The lowest BCUT2D eigenvalue weighted by Gasteiger charge is -2.11. The molecular weight excluding hydrogens is 306 g/mol. The maximum atomic E-state index is 12.0. The highest BCUT2D eigenvalue weighted by atomic mass is 32.2. The molecule has 5 heteroatoms. The molecule has 23 heavy (non-hydrogen) atoms. The van der Waals surface area contributed by atoms with Gasteiger partial charge in [0.15, 0.2) is 5.16 Å². The number of aryl methyl sites for hydroxylation is 2. The molecule has 0 aliphatic heterocycles. The maximum absolute atomic E-state index is 12.0. The second-order valence-electron chi connectivity index (χ2n) is 6.50. The standard InChI is InChI=1S/C18H29N3OS/c1-13-16(14(2)21-18(20-13)23-3)10-11-17(22)19-12-6-9-15-7-4-5-8-15/h15H,4-12H2,1-3H3,(H,19,22). The molecule has 128 valence electrons. The summed E-state index contributed by atoms with van der Waals surface area (Å²) in [6, 6.07) is 0. The van der Waals surface area contributed by atoms with Gasteiger partial charge in [0, 0.05) is 24.4 Å². The molecule has 0 atom stereocenters. The molecule has 0 spiro atoms. The van der Waals surface area contributed by atoms with Gasteiger partial charge in [-0.05, 0) is 50.8 Å². The molecule has 1 fully saturated rings. The number of carbonyl (C=O) groups excluding carboxylic acids is 1. The molecule has 0 unspecified atom stereocenters. The minimum atomic E-state index is 0.143. The molecule has 1 saturated carbocycles. The summed E-state index contributed by atoms with van der Waals surface area (Å²) in [5.74, 6) is 1.05. The molecule has 2 rings (SSSR count). The zero-order valence-corrected chi connectivity index (χ0v) is 15.5. The van der Waals surface area contributed by atoms with Crippen molar-refractivity contribution in [2.24, 2.45) is 5.92 Å². The van der Waals surface area contributed by atoms with Gasteiger partial charge in [0.05, 0.1) is 0 Å². The first-order valence-corrected chi connectivity index (χ1v) is 9.97. The largest absolute Gasteiger partial charge is 0.356 e. The summed E-state index contributed by atoms with van der Waals surface area (Å²) in [6.45, 7) is 4.82. The molecule has 0 radical (unpaired) electrons. The van der Waals surface area contributed by atoms with Gasteiger partial charge in [0.1, 0.15) is 0 Å². The van der Waals surface area contributed by atoms with Crippen LogP contribution in [0.25, 0.3) is 0 Å². The van der Waals surface area contributed by atoms with Crippen LogP contribution in [0.1, 0.15) is 61.9 Å². The summed E-state index contributed by atoms with van der Waals surface area (Å²) in [5, 5.41) is 3.86. The van der Waals surface area contributed by atoms with E-state index in [0.717, 1.165) is 47.4 Å². The number of hydrogen-bond donors (Lipinski definition) is 1. The highest BCUT2D eigenvalue weighted by Gasteiger charge is 2.14. The predicted molar refractivity (Wildman–Crippen MR) is 95.8 cm³/mol. The predicted octanol–water partition coefficient (Wildman–Crippen LogP) is 3.83. The third kappa shape index (κ3) is 5.79. The first-order valence-electron chi connectivity index (χ1n) is 8.75. The van der Waals surface area contributed by atoms with E-state index in [1.54, 1.807) is 11.8 Å². The summed E-state index contributed by atoms with van der Waals surface area (Å²) in [6.07, 6.45) is 11.2. The van der Waals surface area contributed by atoms with Crippen molar-refractivity contribution in [1.29, 1.82) is 0 Å². The Morgan fingerprint density at radius 1 is 1.22 bits per heavy atom. The van der Waals surface area contributed by atoms with Crippen LogP contribution in [0, 0.1) is 19.8 Å². The van der Waals surface area contributed by atoms with Crippen molar-refractivity contribution < 1.29 is 4.79 Å². The van der Waals surface area contributed by atoms with Gasteiger partial charge >= 0.3 is 0 Å². The van der Waals surface area contributed by atoms with E-state index in [1.165, 1.54) is 32.1 Å². The average molecular weight is 336 g/mol. The van der Waals surface area contributed by atoms with Gasteiger partial charge in [0.2, 0.25) is 5.91 Å². The Morgan fingerprint density at radius 3 is 2.48 bits per heavy atom. The van der Waals surface area contributed by atoms with E-state index in [0.29, 0.717) is 6.42 Å². The SMILES string of the molecule is CSc1nc(C)c(CCC(=O)NCCCC2CCCC2)c(C)n1. The number of amides is 1. The van der Waals surface area contributed by atoms with Crippen molar-refractivity contribution in [3.8, 4) is 0 Å². The molecule has 1 aromatic heterocycles. The number of nitrogens with zero attached hydrogens (tertiary/aromatic N) is 2. The summed E-state index contributed by atoms with van der Waals surface area (Å²) < 4.78 is 0. The Bertz CT molecular complexity index is 504. The van der Waals surface area contributed by atoms with Crippen LogP contribution >= 0.6 is 11.8 Å². The molecule has 4 nitrogen and oxygen atoms in total. The summed E-state index contributed by atoms with van der Waals surface area (Å²) in [4.78, 5) is 20.9. The third-order valence-electron chi connectivity index (χ3n) is 4.77. The summed E-state index contributed by atoms with van der Waals surface area (Å²) in [5.41, 5.74) is 3.11. The second-order valence-corrected chi connectivity index (χ2v) is 7.28. The molecule has 1 aromatic rings. The number of hydrogen-bond acceptors (Lipinski definition) is 4. The number of carbonyl (C=O) groups is 1. The molecule has 0 saturated heterocycles. The van der Waals surface area contributed by atoms with Crippen molar-refractivity contribution >= 4 is 17.7 Å². The summed E-state index contributed by atoms with van der Waals surface area (Å²) in [7, 11) is 0. The Balaban J connectivity index is 1.69. The first-order chi connectivity index (χ1) is 11.1. The van der Waals surface area contributed by atoms with Crippen LogP contribution in [0.15, 0.2) is 5.16 Å². The molecule has 1 amide bonds. The van der Waals surface area contributed by atoms with Gasteiger partial charge in [-0.25, -0.2) is 9.97 Å². The van der Waals surface area contributed by atoms with Crippen LogP contribution < -0.4 is 5.32 Å². The minimum Gasteiger partial charge on any atom is -0.356 e. The highest BCUT2D eigenvalue weighted by molar-refractivity contribution is 7.98. The minimum absolute atomic E-state index is 0.143. The fourth-order valence-electron chi connectivity index (χ4n) is 3.41. The first kappa shape index (κ1) is 18.2. The lowest BCUT2D eigenvalue weighted by Crippen LogP contribution is -2.25. The van der Waals surface area contributed by atoms with E-state index in [-0.39, 0.29) is 5.91 Å². The van der Waals surface area contributed by atoms with E-state index >= 15 is 0 Å². The Labute approximate surface area is 144 Å². The molecule has 0 bridgehead atoms. The van der Waals surface area contributed by atoms with Gasteiger partial charge in [-0.3, -0.25) is 4.79 Å². The number of rotatable bonds is 8. The van der Waals surface area contributed by atoms with Crippen molar-refractivity contribution in [2.75, 3.05) is 12.8 Å². The molecule has 1 aliphatic carbocycles. The van der Waals surface area contributed by atoms with Gasteiger partial charge in [-0.15, -0.1) is 0 Å². The van der Waals surface area contributed by atoms with Crippen LogP contribution in [-0.4, -0.2) is 28.7 Å². The normalized spacial score (nSPS) is 15.1. The van der Waals surface area contributed by atoms with E-state index in [2.05, 4.69) is 15.3 Å². The van der Waals surface area contributed by atoms with Gasteiger partial charge in [0.25, 0.3) is 0 Å². The van der Waals surface area contributed by atoms with E-state index in [4.69, 9.17) is 0 Å². The molecule has 1 heterocycles. The van der Waals surface area contributed by atoms with Crippen molar-refractivity contribution in [2.45, 2.75) is 70.4 Å². The van der Waals surface area contributed by atoms with Crippen molar-refractivity contribution in [3.63, 3.8) is 0 Å². The van der Waals surface area contributed by atoms with Crippen LogP contribution in [-0.2, 0) is 11.2 Å². The van der Waals surface area contributed by atoms with E-state index < -0.39 is 0 Å². The quantitative estimate of drug-likeness (QED) is 0.445. The topological polar surface area (TPSA) is 54.9 Å².